The number of halogens is 3. The lowest BCUT2D eigenvalue weighted by Gasteiger charge is -2.19. The van der Waals surface area contributed by atoms with Crippen molar-refractivity contribution in [2.45, 2.75) is 49.2 Å². The zero-order chi connectivity index (χ0) is 20.6. The van der Waals surface area contributed by atoms with E-state index in [0.717, 1.165) is 43.5 Å². The first-order chi connectivity index (χ1) is 13.7. The fourth-order valence-corrected chi connectivity index (χ4v) is 5.28. The third-order valence-corrected chi connectivity index (χ3v) is 7.06. The van der Waals surface area contributed by atoms with Crippen molar-refractivity contribution >= 4 is 15.8 Å². The smallest absolute Gasteiger partial charge is 0.355 e. The van der Waals surface area contributed by atoms with Crippen LogP contribution in [0.2, 0.25) is 0 Å². The Labute approximate surface area is 168 Å². The number of anilines is 1. The molecule has 29 heavy (non-hydrogen) atoms. The van der Waals surface area contributed by atoms with E-state index >= 15 is 0 Å². The van der Waals surface area contributed by atoms with Gasteiger partial charge in [0.15, 0.2) is 0 Å². The van der Waals surface area contributed by atoms with Gasteiger partial charge in [-0.15, -0.1) is 0 Å². The average molecular weight is 425 g/mol. The molecule has 2 aliphatic rings. The summed E-state index contributed by atoms with van der Waals surface area (Å²) in [5.41, 5.74) is 1.52. The topological polar surface area (TPSA) is 62.3 Å². The fraction of sp³-hybridized carbons (Fsp3) is 0.450. The van der Waals surface area contributed by atoms with Crippen LogP contribution in [0.4, 0.5) is 19.0 Å². The maximum atomic E-state index is 12.8. The summed E-state index contributed by atoms with van der Waals surface area (Å²) in [6.45, 7) is 0.887. The van der Waals surface area contributed by atoms with Crippen molar-refractivity contribution in [3.05, 3.63) is 53.2 Å². The molecule has 1 atom stereocenters. The second kappa shape index (κ2) is 7.60. The molecule has 2 aromatic rings. The number of benzene rings is 1. The molecular weight excluding hydrogens is 403 g/mol. The molecule has 0 spiro atoms. The monoisotopic (exact) mass is 425 g/mol. The van der Waals surface area contributed by atoms with Crippen molar-refractivity contribution in [1.82, 2.24) is 9.71 Å². The number of nitrogens with zero attached hydrogens (tertiary/aromatic N) is 2. The zero-order valence-corrected chi connectivity index (χ0v) is 16.6. The molecular formula is C20H22F3N3O2S. The van der Waals surface area contributed by atoms with Crippen LogP contribution >= 0.6 is 0 Å². The maximum Gasteiger partial charge on any atom is 0.417 e. The zero-order valence-electron chi connectivity index (χ0n) is 15.7. The number of alkyl halides is 3. The molecule has 4 rings (SSSR count). The molecule has 1 aliphatic carbocycles. The van der Waals surface area contributed by atoms with Crippen molar-refractivity contribution in [3.8, 4) is 0 Å². The summed E-state index contributed by atoms with van der Waals surface area (Å²) in [6, 6.07) is 7.31. The predicted octanol–water partition coefficient (Wildman–Crippen LogP) is 3.54. The molecule has 0 amide bonds. The third-order valence-electron chi connectivity index (χ3n) is 5.54. The molecule has 1 unspecified atom stereocenters. The van der Waals surface area contributed by atoms with Crippen molar-refractivity contribution in [1.29, 1.82) is 0 Å². The first kappa shape index (κ1) is 20.2. The number of nitrogens with one attached hydrogen (secondary N) is 1. The third kappa shape index (κ3) is 4.40. The average Bonchev–Trinajstić information content (AvgIpc) is 3.15. The largest absolute Gasteiger partial charge is 0.417 e. The molecule has 1 saturated heterocycles. The lowest BCUT2D eigenvalue weighted by molar-refractivity contribution is -0.137. The summed E-state index contributed by atoms with van der Waals surface area (Å²) in [6.07, 6.45) is 1.03. The van der Waals surface area contributed by atoms with E-state index in [1.54, 1.807) is 17.0 Å². The molecule has 1 N–H and O–H groups in total. The van der Waals surface area contributed by atoms with Crippen LogP contribution in [-0.4, -0.2) is 32.5 Å². The summed E-state index contributed by atoms with van der Waals surface area (Å²) in [5.74, 6) is 0.411. The normalized spacial score (nSPS) is 20.0. The van der Waals surface area contributed by atoms with Crippen molar-refractivity contribution in [3.63, 3.8) is 0 Å². The second-order valence-electron chi connectivity index (χ2n) is 7.59. The van der Waals surface area contributed by atoms with E-state index < -0.39 is 21.8 Å². The Kier molecular flexibility index (Phi) is 5.29. The van der Waals surface area contributed by atoms with E-state index in [0.29, 0.717) is 25.3 Å². The van der Waals surface area contributed by atoms with Gasteiger partial charge in [-0.25, -0.2) is 18.1 Å². The highest BCUT2D eigenvalue weighted by molar-refractivity contribution is 7.89. The van der Waals surface area contributed by atoms with E-state index in [1.165, 1.54) is 11.6 Å². The summed E-state index contributed by atoms with van der Waals surface area (Å²) in [4.78, 5) is 5.95. The van der Waals surface area contributed by atoms with Gasteiger partial charge in [-0.1, -0.05) is 6.07 Å². The van der Waals surface area contributed by atoms with E-state index in [-0.39, 0.29) is 10.9 Å². The van der Waals surface area contributed by atoms with Crippen LogP contribution in [0.3, 0.4) is 0 Å². The molecule has 1 fully saturated rings. The minimum absolute atomic E-state index is 0.268. The van der Waals surface area contributed by atoms with Crippen LogP contribution in [0.15, 0.2) is 41.4 Å². The Balaban J connectivity index is 1.43. The van der Waals surface area contributed by atoms with E-state index in [1.807, 2.05) is 6.07 Å². The predicted molar refractivity (Wildman–Crippen MR) is 103 cm³/mol. The summed E-state index contributed by atoms with van der Waals surface area (Å²) >= 11 is 0. The first-order valence-corrected chi connectivity index (χ1v) is 11.1. The van der Waals surface area contributed by atoms with Gasteiger partial charge in [-0.05, 0) is 67.5 Å². The van der Waals surface area contributed by atoms with E-state index in [2.05, 4.69) is 9.71 Å². The van der Waals surface area contributed by atoms with Crippen LogP contribution in [-0.2, 0) is 29.0 Å². The van der Waals surface area contributed by atoms with E-state index in [9.17, 15) is 21.6 Å². The molecule has 1 aliphatic heterocycles. The highest BCUT2D eigenvalue weighted by Gasteiger charge is 2.32. The highest BCUT2D eigenvalue weighted by Crippen LogP contribution is 2.30. The Morgan fingerprint density at radius 3 is 2.52 bits per heavy atom. The lowest BCUT2D eigenvalue weighted by Crippen LogP contribution is -2.37. The SMILES string of the molecule is O=S(=O)(NC1CCN(c2ccc(C(F)(F)F)cn2)C1)c1ccc2c(c1)CCCC2. The highest BCUT2D eigenvalue weighted by atomic mass is 32.2. The minimum atomic E-state index is -4.43. The molecule has 156 valence electrons. The Hall–Kier alpha value is -2.13. The number of aromatic nitrogens is 1. The Bertz CT molecular complexity index is 991. The van der Waals surface area contributed by atoms with Crippen molar-refractivity contribution in [2.24, 2.45) is 0 Å². The summed E-state index contributed by atoms with van der Waals surface area (Å²) in [5, 5.41) is 0. The van der Waals surface area contributed by atoms with Crippen molar-refractivity contribution < 1.29 is 21.6 Å². The van der Waals surface area contributed by atoms with Gasteiger partial charge in [0.25, 0.3) is 0 Å². The van der Waals surface area contributed by atoms with E-state index in [4.69, 9.17) is 0 Å². The molecule has 9 heteroatoms. The second-order valence-corrected chi connectivity index (χ2v) is 9.31. The van der Waals surface area contributed by atoms with Crippen molar-refractivity contribution in [2.75, 3.05) is 18.0 Å². The number of sulfonamides is 1. The summed E-state index contributed by atoms with van der Waals surface area (Å²) < 4.78 is 66.4. The standard InChI is InChI=1S/C20H22F3N3O2S/c21-20(22,23)16-6-8-19(24-12-16)26-10-9-17(13-26)25-29(27,28)18-7-5-14-3-1-2-4-15(14)11-18/h5-8,11-12,17,25H,1-4,9-10,13H2. The lowest BCUT2D eigenvalue weighted by atomic mass is 9.92. The molecule has 1 aromatic carbocycles. The number of fused-ring (bicyclic) bond motifs is 1. The molecule has 2 heterocycles. The molecule has 0 bridgehead atoms. The molecule has 0 saturated carbocycles. The quantitative estimate of drug-likeness (QED) is 0.814. The number of hydrogen-bond donors (Lipinski definition) is 1. The van der Waals surface area contributed by atoms with Gasteiger partial charge in [0.05, 0.1) is 10.5 Å². The Morgan fingerprint density at radius 1 is 1.07 bits per heavy atom. The van der Waals surface area contributed by atoms with Gasteiger partial charge in [0.2, 0.25) is 10.0 Å². The van der Waals surface area contributed by atoms with Gasteiger partial charge in [-0.2, -0.15) is 13.2 Å². The van der Waals surface area contributed by atoms with Gasteiger partial charge in [-0.3, -0.25) is 0 Å². The number of rotatable bonds is 4. The molecule has 5 nitrogen and oxygen atoms in total. The first-order valence-electron chi connectivity index (χ1n) is 9.65. The van der Waals surface area contributed by atoms with Gasteiger partial charge < -0.3 is 4.90 Å². The van der Waals surface area contributed by atoms with Crippen LogP contribution in [0.5, 0.6) is 0 Å². The van der Waals surface area contributed by atoms with Crippen LogP contribution in [0, 0.1) is 0 Å². The van der Waals surface area contributed by atoms with Crippen LogP contribution < -0.4 is 9.62 Å². The van der Waals surface area contributed by atoms with Crippen LogP contribution in [0.25, 0.3) is 0 Å². The number of hydrogen-bond acceptors (Lipinski definition) is 4. The minimum Gasteiger partial charge on any atom is -0.355 e. The Morgan fingerprint density at radius 2 is 1.83 bits per heavy atom. The fourth-order valence-electron chi connectivity index (χ4n) is 3.97. The molecule has 0 radical (unpaired) electrons. The maximum absolute atomic E-state index is 12.8. The molecule has 1 aromatic heterocycles. The number of pyridine rings is 1. The van der Waals surface area contributed by atoms with Gasteiger partial charge >= 0.3 is 6.18 Å². The van der Waals surface area contributed by atoms with Gasteiger partial charge in [0.1, 0.15) is 5.82 Å². The van der Waals surface area contributed by atoms with Gasteiger partial charge in [0, 0.05) is 25.3 Å². The number of aryl methyl sites for hydroxylation is 2. The summed E-state index contributed by atoms with van der Waals surface area (Å²) in [7, 11) is -3.65. The van der Waals surface area contributed by atoms with Crippen LogP contribution in [0.1, 0.15) is 36.0 Å².